The summed E-state index contributed by atoms with van der Waals surface area (Å²) in [5.74, 6) is -0.593. The van der Waals surface area contributed by atoms with Gasteiger partial charge in [-0.3, -0.25) is 10.1 Å². The minimum Gasteiger partial charge on any atom is -0.465 e. The highest BCUT2D eigenvalue weighted by atomic mass is 32.1. The fourth-order valence-electron chi connectivity index (χ4n) is 0.903. The molecule has 1 radical (unpaired) electrons. The Balaban J connectivity index is 3.14. The van der Waals surface area contributed by atoms with Crippen LogP contribution in [0.3, 0.4) is 0 Å². The van der Waals surface area contributed by atoms with E-state index in [0.29, 0.717) is 0 Å². The third kappa shape index (κ3) is 1.97. The molecule has 0 amide bonds. The molecule has 0 bridgehead atoms. The molecule has 14 heavy (non-hydrogen) atoms. The lowest BCUT2D eigenvalue weighted by molar-refractivity contribution is -0.385. The molecule has 0 aliphatic heterocycles. The van der Waals surface area contributed by atoms with E-state index in [1.165, 1.54) is 19.2 Å². The van der Waals surface area contributed by atoms with Crippen LogP contribution in [0.2, 0.25) is 0 Å². The Hall–Kier alpha value is -1.69. The predicted octanol–water partition coefficient (Wildman–Crippen LogP) is 1.94. The third-order valence-electron chi connectivity index (χ3n) is 1.58. The van der Waals surface area contributed by atoms with Crippen molar-refractivity contribution in [3.05, 3.63) is 33.9 Å². The molecular formula is C8H6NO4S. The van der Waals surface area contributed by atoms with E-state index in [4.69, 9.17) is 12.6 Å². The summed E-state index contributed by atoms with van der Waals surface area (Å²) in [7, 11) is 1.22. The van der Waals surface area contributed by atoms with Crippen molar-refractivity contribution in [3.63, 3.8) is 0 Å². The molecule has 0 unspecified atom stereocenters. The van der Waals surface area contributed by atoms with Crippen LogP contribution in [0.5, 0.6) is 0 Å². The SMILES string of the molecule is COC(=O)c1ccc([N+](=O)[O-])cc1[S]. The summed E-state index contributed by atoms with van der Waals surface area (Å²) in [5.41, 5.74) is 0.0238. The van der Waals surface area contributed by atoms with E-state index < -0.39 is 10.9 Å². The van der Waals surface area contributed by atoms with E-state index >= 15 is 0 Å². The fraction of sp³-hybridized carbons (Fsp3) is 0.125. The van der Waals surface area contributed by atoms with Crippen LogP contribution in [0.15, 0.2) is 23.1 Å². The molecular weight excluding hydrogens is 206 g/mol. The maximum absolute atomic E-state index is 11.1. The van der Waals surface area contributed by atoms with Gasteiger partial charge in [0.2, 0.25) is 0 Å². The van der Waals surface area contributed by atoms with E-state index in [-0.39, 0.29) is 16.1 Å². The monoisotopic (exact) mass is 212 g/mol. The van der Waals surface area contributed by atoms with Crippen molar-refractivity contribution in [1.82, 2.24) is 0 Å². The minimum atomic E-state index is -0.593. The molecule has 0 heterocycles. The Morgan fingerprint density at radius 2 is 2.21 bits per heavy atom. The first kappa shape index (κ1) is 10.4. The molecule has 1 rings (SSSR count). The predicted molar refractivity (Wildman–Crippen MR) is 50.3 cm³/mol. The molecule has 0 N–H and O–H groups in total. The molecule has 6 heteroatoms. The Bertz CT molecular complexity index is 391. The van der Waals surface area contributed by atoms with Crippen LogP contribution < -0.4 is 0 Å². The Kier molecular flexibility index (Phi) is 2.98. The highest BCUT2D eigenvalue weighted by molar-refractivity contribution is 7.80. The van der Waals surface area contributed by atoms with E-state index in [1.807, 2.05) is 0 Å². The number of ether oxygens (including phenoxy) is 1. The molecule has 5 nitrogen and oxygen atoms in total. The first-order valence-electron chi connectivity index (χ1n) is 3.60. The summed E-state index contributed by atoms with van der Waals surface area (Å²) in [6, 6.07) is 3.65. The summed E-state index contributed by atoms with van der Waals surface area (Å²) in [6.07, 6.45) is 0. The van der Waals surface area contributed by atoms with Crippen molar-refractivity contribution >= 4 is 24.3 Å². The van der Waals surface area contributed by atoms with Gasteiger partial charge in [-0.05, 0) is 6.07 Å². The number of nitrogens with zero attached hydrogens (tertiary/aromatic N) is 1. The molecule has 0 atom stereocenters. The summed E-state index contributed by atoms with van der Waals surface area (Å²) in [4.78, 5) is 20.9. The molecule has 0 spiro atoms. The zero-order valence-corrected chi connectivity index (χ0v) is 8.04. The van der Waals surface area contributed by atoms with Gasteiger partial charge in [0, 0.05) is 12.1 Å². The normalized spacial score (nSPS) is 9.50. The Morgan fingerprint density at radius 1 is 1.57 bits per heavy atom. The minimum absolute atomic E-state index is 0.117. The van der Waals surface area contributed by atoms with Gasteiger partial charge in [0.25, 0.3) is 5.69 Å². The average Bonchev–Trinajstić information content (AvgIpc) is 2.16. The van der Waals surface area contributed by atoms with Crippen LogP contribution in [0.25, 0.3) is 0 Å². The van der Waals surface area contributed by atoms with Crippen LogP contribution >= 0.6 is 12.6 Å². The summed E-state index contributed by atoms with van der Waals surface area (Å²) in [6.45, 7) is 0. The van der Waals surface area contributed by atoms with Crippen LogP contribution in [-0.4, -0.2) is 18.0 Å². The van der Waals surface area contributed by atoms with Gasteiger partial charge < -0.3 is 4.74 Å². The van der Waals surface area contributed by atoms with E-state index in [2.05, 4.69) is 4.74 Å². The molecule has 0 aromatic heterocycles. The van der Waals surface area contributed by atoms with Crippen LogP contribution in [0.1, 0.15) is 10.4 Å². The third-order valence-corrected chi connectivity index (χ3v) is 1.92. The Labute approximate surface area is 85.2 Å². The molecule has 0 saturated heterocycles. The lowest BCUT2D eigenvalue weighted by atomic mass is 10.2. The maximum Gasteiger partial charge on any atom is 0.339 e. The number of nitro benzene ring substituents is 1. The number of methoxy groups -OCH3 is 1. The lowest BCUT2D eigenvalue weighted by Gasteiger charge is -2.00. The second-order valence-corrected chi connectivity index (χ2v) is 2.87. The van der Waals surface area contributed by atoms with Gasteiger partial charge in [-0.2, -0.15) is 0 Å². The molecule has 0 saturated carbocycles. The first-order chi connectivity index (χ1) is 6.56. The van der Waals surface area contributed by atoms with E-state index in [9.17, 15) is 14.9 Å². The number of esters is 1. The van der Waals surface area contributed by atoms with Crippen LogP contribution in [0.4, 0.5) is 5.69 Å². The number of hydrogen-bond donors (Lipinski definition) is 0. The molecule has 0 aliphatic carbocycles. The number of nitro groups is 1. The number of hydrogen-bond acceptors (Lipinski definition) is 4. The zero-order valence-electron chi connectivity index (χ0n) is 7.22. The summed E-state index contributed by atoms with van der Waals surface area (Å²) in [5, 5.41) is 10.3. The van der Waals surface area contributed by atoms with Gasteiger partial charge in [0.05, 0.1) is 22.5 Å². The quantitative estimate of drug-likeness (QED) is 0.426. The van der Waals surface area contributed by atoms with Crippen LogP contribution in [-0.2, 0) is 4.74 Å². The average molecular weight is 212 g/mol. The van der Waals surface area contributed by atoms with Gasteiger partial charge in [-0.25, -0.2) is 4.79 Å². The lowest BCUT2D eigenvalue weighted by Crippen LogP contribution is -2.02. The van der Waals surface area contributed by atoms with Crippen LogP contribution in [0, 0.1) is 10.1 Å². The van der Waals surface area contributed by atoms with Crippen molar-refractivity contribution in [1.29, 1.82) is 0 Å². The molecule has 73 valence electrons. The van der Waals surface area contributed by atoms with Gasteiger partial charge in [0.15, 0.2) is 0 Å². The zero-order chi connectivity index (χ0) is 10.7. The van der Waals surface area contributed by atoms with Crippen molar-refractivity contribution in [3.8, 4) is 0 Å². The highest BCUT2D eigenvalue weighted by Gasteiger charge is 2.14. The highest BCUT2D eigenvalue weighted by Crippen LogP contribution is 2.21. The Morgan fingerprint density at radius 3 is 2.64 bits per heavy atom. The summed E-state index contributed by atoms with van der Waals surface area (Å²) < 4.78 is 4.44. The number of benzene rings is 1. The van der Waals surface area contributed by atoms with Crippen molar-refractivity contribution in [2.24, 2.45) is 0 Å². The number of non-ortho nitro benzene ring substituents is 1. The van der Waals surface area contributed by atoms with Gasteiger partial charge in [0.1, 0.15) is 0 Å². The maximum atomic E-state index is 11.1. The molecule has 0 aliphatic rings. The van der Waals surface area contributed by atoms with Crippen molar-refractivity contribution < 1.29 is 14.5 Å². The largest absolute Gasteiger partial charge is 0.465 e. The standard InChI is InChI=1S/C8H6NO4S/c1-13-8(10)6-3-2-5(9(11)12)4-7(6)14/h2-4H,1H3. The van der Waals surface area contributed by atoms with E-state index in [1.54, 1.807) is 0 Å². The van der Waals surface area contributed by atoms with E-state index in [0.717, 1.165) is 6.07 Å². The van der Waals surface area contributed by atoms with Crippen molar-refractivity contribution in [2.75, 3.05) is 7.11 Å². The smallest absolute Gasteiger partial charge is 0.339 e. The van der Waals surface area contributed by atoms with Gasteiger partial charge in [-0.1, -0.05) is 12.6 Å². The molecule has 1 aromatic carbocycles. The topological polar surface area (TPSA) is 69.4 Å². The second kappa shape index (κ2) is 4.01. The number of carbonyl (C=O) groups excluding carboxylic acids is 1. The second-order valence-electron chi connectivity index (χ2n) is 2.43. The first-order valence-corrected chi connectivity index (χ1v) is 4.01. The van der Waals surface area contributed by atoms with Crippen molar-refractivity contribution in [2.45, 2.75) is 4.90 Å². The van der Waals surface area contributed by atoms with Gasteiger partial charge >= 0.3 is 5.97 Å². The number of rotatable bonds is 2. The molecule has 0 fully saturated rings. The number of carbonyl (C=O) groups is 1. The molecule has 1 aromatic rings. The summed E-state index contributed by atoms with van der Waals surface area (Å²) >= 11 is 4.80. The fourth-order valence-corrected chi connectivity index (χ4v) is 1.18. The van der Waals surface area contributed by atoms with Gasteiger partial charge in [-0.15, -0.1) is 0 Å².